The zero-order chi connectivity index (χ0) is 14.7. The lowest BCUT2D eigenvalue weighted by Crippen LogP contribution is -2.29. The maximum atomic E-state index is 11.8. The summed E-state index contributed by atoms with van der Waals surface area (Å²) in [6, 6.07) is 16.4. The van der Waals surface area contributed by atoms with Gasteiger partial charge in [-0.2, -0.15) is 0 Å². The number of hydrogen-bond donors (Lipinski definition) is 1. The Balaban J connectivity index is 2.03. The van der Waals surface area contributed by atoms with Gasteiger partial charge in [0.25, 0.3) is 0 Å². The largest absolute Gasteiger partial charge is 0.347 e. The van der Waals surface area contributed by atoms with Crippen LogP contribution in [-0.2, 0) is 6.54 Å². The molecular weight excluding hydrogens is 262 g/mol. The summed E-state index contributed by atoms with van der Waals surface area (Å²) in [5.74, 6) is 0. The standard InChI is InChI=1S/C17H17N3O/c1-18-16(12-20-11-5-10-19-17(20)21)15-9-4-7-13-6-2-3-8-14(13)15/h2-11,16,18H,12H2,1H3. The van der Waals surface area contributed by atoms with Crippen molar-refractivity contribution in [1.29, 1.82) is 0 Å². The van der Waals surface area contributed by atoms with Crippen LogP contribution < -0.4 is 11.0 Å². The molecule has 0 aliphatic heterocycles. The maximum Gasteiger partial charge on any atom is 0.347 e. The van der Waals surface area contributed by atoms with Crippen molar-refractivity contribution in [2.45, 2.75) is 12.6 Å². The van der Waals surface area contributed by atoms with Crippen molar-refractivity contribution in [1.82, 2.24) is 14.9 Å². The molecule has 3 rings (SSSR count). The minimum Gasteiger partial charge on any atom is -0.311 e. The molecular formula is C17H17N3O. The first-order chi connectivity index (χ1) is 10.3. The van der Waals surface area contributed by atoms with Crippen LogP contribution in [0.5, 0.6) is 0 Å². The second-order valence-electron chi connectivity index (χ2n) is 4.96. The molecule has 4 nitrogen and oxygen atoms in total. The predicted molar refractivity (Wildman–Crippen MR) is 84.2 cm³/mol. The van der Waals surface area contributed by atoms with Crippen LogP contribution in [0, 0.1) is 0 Å². The molecule has 106 valence electrons. The van der Waals surface area contributed by atoms with Gasteiger partial charge in [0.1, 0.15) is 0 Å². The Labute approximate surface area is 123 Å². The molecule has 1 atom stereocenters. The van der Waals surface area contributed by atoms with E-state index in [9.17, 15) is 4.79 Å². The third-order valence-corrected chi connectivity index (χ3v) is 3.71. The lowest BCUT2D eigenvalue weighted by Gasteiger charge is -2.19. The number of likely N-dealkylation sites (N-methyl/N-ethyl adjacent to an activating group) is 1. The van der Waals surface area contributed by atoms with Crippen molar-refractivity contribution in [3.8, 4) is 0 Å². The van der Waals surface area contributed by atoms with E-state index in [0.717, 1.165) is 0 Å². The topological polar surface area (TPSA) is 46.9 Å². The minimum absolute atomic E-state index is 0.0537. The van der Waals surface area contributed by atoms with Gasteiger partial charge < -0.3 is 5.32 Å². The Hall–Kier alpha value is -2.46. The van der Waals surface area contributed by atoms with Crippen molar-refractivity contribution < 1.29 is 0 Å². The summed E-state index contributed by atoms with van der Waals surface area (Å²) in [6.07, 6.45) is 3.29. The summed E-state index contributed by atoms with van der Waals surface area (Å²) >= 11 is 0. The van der Waals surface area contributed by atoms with Crippen LogP contribution >= 0.6 is 0 Å². The van der Waals surface area contributed by atoms with Crippen LogP contribution in [0.25, 0.3) is 10.8 Å². The van der Waals surface area contributed by atoms with E-state index in [1.54, 1.807) is 16.8 Å². The summed E-state index contributed by atoms with van der Waals surface area (Å²) in [4.78, 5) is 15.6. The predicted octanol–water partition coefficient (Wildman–Crippen LogP) is 2.36. The van der Waals surface area contributed by atoms with Crippen molar-refractivity contribution in [3.05, 3.63) is 77.0 Å². The molecule has 0 aliphatic carbocycles. The van der Waals surface area contributed by atoms with Gasteiger partial charge in [0, 0.05) is 18.9 Å². The molecule has 0 spiro atoms. The van der Waals surface area contributed by atoms with Gasteiger partial charge in [0.05, 0.1) is 6.04 Å². The number of nitrogens with zero attached hydrogens (tertiary/aromatic N) is 2. The van der Waals surface area contributed by atoms with Crippen molar-refractivity contribution in [3.63, 3.8) is 0 Å². The van der Waals surface area contributed by atoms with Gasteiger partial charge >= 0.3 is 5.69 Å². The first kappa shape index (κ1) is 13.5. The molecule has 0 amide bonds. The zero-order valence-electron chi connectivity index (χ0n) is 11.9. The zero-order valence-corrected chi connectivity index (χ0v) is 11.9. The fourth-order valence-electron chi connectivity index (χ4n) is 2.62. The molecule has 3 aromatic rings. The first-order valence-electron chi connectivity index (χ1n) is 6.96. The van der Waals surface area contributed by atoms with E-state index in [0.29, 0.717) is 6.54 Å². The smallest absolute Gasteiger partial charge is 0.311 e. The van der Waals surface area contributed by atoms with Gasteiger partial charge in [-0.25, -0.2) is 9.78 Å². The highest BCUT2D eigenvalue weighted by atomic mass is 16.1. The Morgan fingerprint density at radius 1 is 1.14 bits per heavy atom. The molecule has 0 bridgehead atoms. The van der Waals surface area contributed by atoms with Gasteiger partial charge in [-0.1, -0.05) is 42.5 Å². The second kappa shape index (κ2) is 5.89. The molecule has 0 saturated carbocycles. The molecule has 2 aromatic carbocycles. The first-order valence-corrected chi connectivity index (χ1v) is 6.96. The third kappa shape index (κ3) is 2.71. The van der Waals surface area contributed by atoms with E-state index in [-0.39, 0.29) is 11.7 Å². The molecule has 0 radical (unpaired) electrons. The van der Waals surface area contributed by atoms with Crippen LogP contribution in [0.15, 0.2) is 65.7 Å². The number of aromatic nitrogens is 2. The van der Waals surface area contributed by atoms with Crippen LogP contribution in [-0.4, -0.2) is 16.6 Å². The SMILES string of the molecule is CNC(Cn1cccnc1=O)c1cccc2ccccc12. The quantitative estimate of drug-likeness (QED) is 0.797. The van der Waals surface area contributed by atoms with E-state index in [4.69, 9.17) is 0 Å². The molecule has 0 aliphatic rings. The average Bonchev–Trinajstić information content (AvgIpc) is 2.54. The lowest BCUT2D eigenvalue weighted by molar-refractivity contribution is 0.487. The van der Waals surface area contributed by atoms with Crippen molar-refractivity contribution >= 4 is 10.8 Å². The van der Waals surface area contributed by atoms with Crippen molar-refractivity contribution in [2.75, 3.05) is 7.05 Å². The molecule has 1 N–H and O–H groups in total. The number of nitrogens with one attached hydrogen (secondary N) is 1. The van der Waals surface area contributed by atoms with Crippen LogP contribution in [0.3, 0.4) is 0 Å². The number of rotatable bonds is 4. The van der Waals surface area contributed by atoms with Gasteiger partial charge in [0.2, 0.25) is 0 Å². The molecule has 0 saturated heterocycles. The summed E-state index contributed by atoms with van der Waals surface area (Å²) in [7, 11) is 1.91. The van der Waals surface area contributed by atoms with Gasteiger partial charge in [-0.05, 0) is 29.4 Å². The summed E-state index contributed by atoms with van der Waals surface area (Å²) in [5, 5.41) is 5.71. The van der Waals surface area contributed by atoms with Gasteiger partial charge in [-0.15, -0.1) is 0 Å². The highest BCUT2D eigenvalue weighted by molar-refractivity contribution is 5.86. The van der Waals surface area contributed by atoms with Crippen LogP contribution in [0.4, 0.5) is 0 Å². The highest BCUT2D eigenvalue weighted by Crippen LogP contribution is 2.24. The van der Waals surface area contributed by atoms with E-state index in [1.165, 1.54) is 22.5 Å². The van der Waals surface area contributed by atoms with E-state index in [2.05, 4.69) is 34.6 Å². The van der Waals surface area contributed by atoms with Gasteiger partial charge in [-0.3, -0.25) is 4.57 Å². The maximum absolute atomic E-state index is 11.8. The summed E-state index contributed by atoms with van der Waals surface area (Å²) in [6.45, 7) is 0.553. The Kier molecular flexibility index (Phi) is 3.79. The molecule has 4 heteroatoms. The van der Waals surface area contributed by atoms with Crippen molar-refractivity contribution in [2.24, 2.45) is 0 Å². The monoisotopic (exact) mass is 279 g/mol. The second-order valence-corrected chi connectivity index (χ2v) is 4.96. The molecule has 21 heavy (non-hydrogen) atoms. The highest BCUT2D eigenvalue weighted by Gasteiger charge is 2.13. The molecule has 1 aromatic heterocycles. The lowest BCUT2D eigenvalue weighted by atomic mass is 9.98. The van der Waals surface area contributed by atoms with Crippen LogP contribution in [0.1, 0.15) is 11.6 Å². The van der Waals surface area contributed by atoms with E-state index < -0.39 is 0 Å². The summed E-state index contributed by atoms with van der Waals surface area (Å²) in [5.41, 5.74) is 0.962. The summed E-state index contributed by atoms with van der Waals surface area (Å²) < 4.78 is 1.63. The number of benzene rings is 2. The number of hydrogen-bond acceptors (Lipinski definition) is 3. The minimum atomic E-state index is -0.224. The molecule has 1 heterocycles. The van der Waals surface area contributed by atoms with E-state index >= 15 is 0 Å². The Morgan fingerprint density at radius 3 is 2.76 bits per heavy atom. The average molecular weight is 279 g/mol. The fourth-order valence-corrected chi connectivity index (χ4v) is 2.62. The van der Waals surface area contributed by atoms with E-state index in [1.807, 2.05) is 25.2 Å². The van der Waals surface area contributed by atoms with Crippen LogP contribution in [0.2, 0.25) is 0 Å². The molecule has 1 unspecified atom stereocenters. The normalized spacial score (nSPS) is 12.4. The third-order valence-electron chi connectivity index (χ3n) is 3.71. The van der Waals surface area contributed by atoms with Gasteiger partial charge in [0.15, 0.2) is 0 Å². The number of fused-ring (bicyclic) bond motifs is 1. The fraction of sp³-hybridized carbons (Fsp3) is 0.176. The Morgan fingerprint density at radius 2 is 1.95 bits per heavy atom. The Bertz CT molecular complexity index is 805. The molecule has 0 fully saturated rings.